The number of fused-ring (bicyclic) bond motifs is 3. The quantitative estimate of drug-likeness (QED) is 0.151. The first-order chi connectivity index (χ1) is 29.6. The van der Waals surface area contributed by atoms with Crippen LogP contribution >= 0.6 is 0 Å². The Morgan fingerprint density at radius 3 is 1.83 bits per heavy atom. The highest BCUT2D eigenvalue weighted by Crippen LogP contribution is 2.37. The summed E-state index contributed by atoms with van der Waals surface area (Å²) in [6, 6.07) is 56.0. The van der Waals surface area contributed by atoms with Gasteiger partial charge in [-0.05, 0) is 78.4 Å². The number of benzene rings is 4. The summed E-state index contributed by atoms with van der Waals surface area (Å²) in [6.45, 7) is 8.30. The lowest BCUT2D eigenvalue weighted by molar-refractivity contribution is 0.641. The van der Waals surface area contributed by atoms with Crippen molar-refractivity contribution in [3.63, 3.8) is 0 Å². The summed E-state index contributed by atoms with van der Waals surface area (Å²) < 4.78 is 2.36. The molecule has 5 aromatic carbocycles. The zero-order valence-corrected chi connectivity index (χ0v) is 34.9. The Labute approximate surface area is 355 Å². The zero-order valence-electron chi connectivity index (χ0n) is 34.9. The van der Waals surface area contributed by atoms with E-state index >= 15 is 0 Å². The van der Waals surface area contributed by atoms with Crippen molar-refractivity contribution in [2.45, 2.75) is 40.0 Å². The lowest BCUT2D eigenvalue weighted by atomic mass is 9.80. The fourth-order valence-electron chi connectivity index (χ4n) is 8.26. The van der Waals surface area contributed by atoms with Gasteiger partial charge in [0, 0.05) is 33.9 Å². The normalized spacial score (nSPS) is 16.0. The van der Waals surface area contributed by atoms with Gasteiger partial charge < -0.3 is 4.57 Å². The van der Waals surface area contributed by atoms with E-state index in [1.807, 2.05) is 19.9 Å². The van der Waals surface area contributed by atoms with Gasteiger partial charge in [-0.25, -0.2) is 9.97 Å². The highest BCUT2D eigenvalue weighted by Gasteiger charge is 2.25. The van der Waals surface area contributed by atoms with Gasteiger partial charge in [-0.2, -0.15) is 0 Å². The molecule has 2 aromatic heterocycles. The fourth-order valence-corrected chi connectivity index (χ4v) is 8.26. The van der Waals surface area contributed by atoms with E-state index in [9.17, 15) is 0 Å². The Hall–Kier alpha value is -7.10. The second-order valence-corrected chi connectivity index (χ2v) is 14.9. The van der Waals surface area contributed by atoms with E-state index in [1.54, 1.807) is 0 Å². The molecule has 3 heteroatoms. The topological polar surface area (TPSA) is 30.7 Å². The molecule has 0 amide bonds. The summed E-state index contributed by atoms with van der Waals surface area (Å²) in [4.78, 5) is 10.4. The summed E-state index contributed by atoms with van der Waals surface area (Å²) >= 11 is 0. The van der Waals surface area contributed by atoms with Crippen molar-refractivity contribution < 1.29 is 0 Å². The maximum absolute atomic E-state index is 5.18. The molecule has 3 nitrogen and oxygen atoms in total. The van der Waals surface area contributed by atoms with Crippen molar-refractivity contribution >= 4 is 33.0 Å². The van der Waals surface area contributed by atoms with Gasteiger partial charge >= 0.3 is 0 Å². The molecule has 0 aliphatic heterocycles. The summed E-state index contributed by atoms with van der Waals surface area (Å²) in [6.07, 6.45) is 20.9. The summed E-state index contributed by atoms with van der Waals surface area (Å²) in [5.41, 5.74) is 13.6. The van der Waals surface area contributed by atoms with Crippen LogP contribution in [0.25, 0.3) is 61.2 Å². The van der Waals surface area contributed by atoms with Gasteiger partial charge in [-0.15, -0.1) is 0 Å². The molecule has 0 saturated carbocycles. The van der Waals surface area contributed by atoms with E-state index in [1.165, 1.54) is 33.0 Å². The first-order valence-corrected chi connectivity index (χ1v) is 21.2. The van der Waals surface area contributed by atoms with Gasteiger partial charge in [-0.1, -0.05) is 201 Å². The molecule has 7 aromatic rings. The van der Waals surface area contributed by atoms with Gasteiger partial charge in [0.15, 0.2) is 5.82 Å². The van der Waals surface area contributed by atoms with Crippen LogP contribution in [0.4, 0.5) is 0 Å². The van der Waals surface area contributed by atoms with Crippen LogP contribution in [-0.2, 0) is 0 Å². The number of rotatable bonds is 7. The lowest BCUT2D eigenvalue weighted by Gasteiger charge is -2.26. The Morgan fingerprint density at radius 2 is 1.13 bits per heavy atom. The van der Waals surface area contributed by atoms with Crippen LogP contribution in [0.2, 0.25) is 0 Å². The molecule has 2 aliphatic rings. The lowest BCUT2D eigenvalue weighted by Crippen LogP contribution is -2.15. The van der Waals surface area contributed by atoms with Crippen LogP contribution in [0.3, 0.4) is 0 Å². The van der Waals surface area contributed by atoms with Crippen molar-refractivity contribution in [3.05, 3.63) is 235 Å². The number of allylic oxidation sites excluding steroid dienone is 12. The number of aromatic nitrogens is 3. The predicted molar refractivity (Wildman–Crippen MR) is 256 cm³/mol. The average Bonchev–Trinajstić information content (AvgIpc) is 3.44. The number of hydrogen-bond donors (Lipinski definition) is 0. The summed E-state index contributed by atoms with van der Waals surface area (Å²) in [5.74, 6) is 1.12. The van der Waals surface area contributed by atoms with Crippen LogP contribution in [0, 0.1) is 5.92 Å². The predicted octanol–water partition coefficient (Wildman–Crippen LogP) is 15.3. The third-order valence-electron chi connectivity index (χ3n) is 11.2. The molecule has 0 N–H and O–H groups in total. The molecule has 0 fully saturated rings. The SMILES string of the molecule is C/C=C\C1C(C)=CC=CC1c1cc(C2=CCC=C(c3ccccccc(-c4ccc(-n5c6ccccc6c6ccccc65)cc4)cc3)C=C2)nc(-c2ccccc2)n1.CC. The maximum atomic E-state index is 5.18. The molecule has 0 bridgehead atoms. The molecule has 2 atom stereocenters. The van der Waals surface area contributed by atoms with E-state index in [2.05, 4.69) is 225 Å². The third-order valence-corrected chi connectivity index (χ3v) is 11.2. The molecular formula is C57H51N3. The van der Waals surface area contributed by atoms with E-state index in [0.717, 1.165) is 57.1 Å². The Balaban J connectivity index is 0.00000246. The van der Waals surface area contributed by atoms with E-state index in [0.29, 0.717) is 0 Å². The van der Waals surface area contributed by atoms with Crippen molar-refractivity contribution in [1.29, 1.82) is 0 Å². The molecule has 60 heavy (non-hydrogen) atoms. The second-order valence-electron chi connectivity index (χ2n) is 14.9. The van der Waals surface area contributed by atoms with Gasteiger partial charge in [-0.3, -0.25) is 0 Å². The van der Waals surface area contributed by atoms with Crippen LogP contribution in [0.5, 0.6) is 0 Å². The van der Waals surface area contributed by atoms with E-state index in [-0.39, 0.29) is 11.8 Å². The fraction of sp³-hybridized carbons (Fsp3) is 0.123. The van der Waals surface area contributed by atoms with Gasteiger partial charge in [0.25, 0.3) is 0 Å². The Kier molecular flexibility index (Phi) is 12.3. The highest BCUT2D eigenvalue weighted by molar-refractivity contribution is 6.09. The number of nitrogens with zero attached hydrogens (tertiary/aromatic N) is 3. The standard InChI is InChI=1S/C55H45N3.C2H6/c1-3-17-47-39(2)18-15-27-48(47)52-38-51(56-55(57-52)45-21-9-6-10-22-45)44-24-16-23-42(32-33-44)40-19-7-4-5-8-20-41(31-30-40)43-34-36-46(37-35-43)58-53-28-13-11-25-49(53)50-26-12-14-29-54(50)58;1-2/h3-15,17-38,47-48H,16H2,1-2H3;1-2H3/b5-4?,7-4?,8-5?,17-3-,19-7?,20-8?,31-30?,40-19?,40-30?,41-20?,41-31?;. The molecule has 9 rings (SSSR count). The number of hydrogen-bond acceptors (Lipinski definition) is 2. The van der Waals surface area contributed by atoms with Gasteiger partial charge in [0.05, 0.1) is 22.4 Å². The molecular weight excluding hydrogens is 727 g/mol. The van der Waals surface area contributed by atoms with Crippen LogP contribution in [-0.4, -0.2) is 14.5 Å². The van der Waals surface area contributed by atoms with E-state index in [4.69, 9.17) is 9.97 Å². The highest BCUT2D eigenvalue weighted by atomic mass is 15.0. The minimum absolute atomic E-state index is 0.126. The largest absolute Gasteiger partial charge is 0.309 e. The van der Waals surface area contributed by atoms with E-state index < -0.39 is 0 Å². The second kappa shape index (κ2) is 18.7. The molecule has 294 valence electrons. The van der Waals surface area contributed by atoms with Crippen molar-refractivity contribution in [2.24, 2.45) is 5.92 Å². The van der Waals surface area contributed by atoms with Crippen molar-refractivity contribution in [3.8, 4) is 28.2 Å². The minimum Gasteiger partial charge on any atom is -0.309 e. The molecule has 2 aliphatic carbocycles. The molecule has 0 saturated heterocycles. The first kappa shape index (κ1) is 39.7. The number of para-hydroxylation sites is 2. The molecule has 0 spiro atoms. The summed E-state index contributed by atoms with van der Waals surface area (Å²) in [7, 11) is 0. The third kappa shape index (κ3) is 8.39. The molecule has 2 unspecified atom stereocenters. The van der Waals surface area contributed by atoms with Crippen LogP contribution < -0.4 is 0 Å². The monoisotopic (exact) mass is 777 g/mol. The molecule has 0 radical (unpaired) electrons. The van der Waals surface area contributed by atoms with Crippen LogP contribution in [0.1, 0.15) is 57.0 Å². The first-order valence-electron chi connectivity index (χ1n) is 21.2. The minimum atomic E-state index is 0.126. The smallest absolute Gasteiger partial charge is 0.160 e. The maximum Gasteiger partial charge on any atom is 0.160 e. The van der Waals surface area contributed by atoms with Gasteiger partial charge in [0.1, 0.15) is 0 Å². The zero-order chi connectivity index (χ0) is 41.3. The van der Waals surface area contributed by atoms with Crippen LogP contribution in [0.15, 0.2) is 218 Å². The average molecular weight is 778 g/mol. The van der Waals surface area contributed by atoms with Crippen molar-refractivity contribution in [1.82, 2.24) is 14.5 Å². The Bertz CT molecular complexity index is 2830. The van der Waals surface area contributed by atoms with Gasteiger partial charge in [0.2, 0.25) is 0 Å². The molecule has 2 heterocycles. The Morgan fingerprint density at radius 1 is 0.583 bits per heavy atom. The summed E-state index contributed by atoms with van der Waals surface area (Å²) in [5, 5.41) is 2.53. The van der Waals surface area contributed by atoms with Crippen molar-refractivity contribution in [2.75, 3.05) is 0 Å².